The Bertz CT molecular complexity index is 1250. The van der Waals surface area contributed by atoms with Crippen LogP contribution in [0, 0.1) is 6.92 Å². The summed E-state index contributed by atoms with van der Waals surface area (Å²) in [6.07, 6.45) is -0.300. The van der Waals surface area contributed by atoms with E-state index in [-0.39, 0.29) is 12.0 Å². The summed E-state index contributed by atoms with van der Waals surface area (Å²) in [5, 5.41) is 7.07. The normalized spacial score (nSPS) is 15.6. The number of pyridine rings is 1. The van der Waals surface area contributed by atoms with Gasteiger partial charge in [-0.25, -0.2) is 0 Å². The van der Waals surface area contributed by atoms with Crippen molar-refractivity contribution >= 4 is 17.4 Å². The summed E-state index contributed by atoms with van der Waals surface area (Å²) >= 11 is 0. The molecule has 1 aliphatic heterocycles. The summed E-state index contributed by atoms with van der Waals surface area (Å²) in [4.78, 5) is 23.3. The van der Waals surface area contributed by atoms with Crippen LogP contribution in [0.1, 0.15) is 27.8 Å². The maximum Gasteiger partial charge on any atom is 0.259 e. The maximum absolute atomic E-state index is 12.8. The summed E-state index contributed by atoms with van der Waals surface area (Å²) in [5.74, 6) is 1.84. The molecule has 0 fully saturated rings. The number of nitrogens with one attached hydrogen (secondary N) is 1. The van der Waals surface area contributed by atoms with Gasteiger partial charge in [-0.15, -0.1) is 0 Å². The molecular weight excluding hydrogens is 406 g/mol. The molecule has 0 aliphatic carbocycles. The number of carbonyl (C=O) groups is 1. The molecule has 2 aromatic heterocycles. The van der Waals surface area contributed by atoms with Crippen molar-refractivity contribution in [3.05, 3.63) is 83.7 Å². The van der Waals surface area contributed by atoms with Crippen molar-refractivity contribution in [2.24, 2.45) is 0 Å². The number of ether oxygens (including phenoxy) is 1. The molecule has 3 heterocycles. The summed E-state index contributed by atoms with van der Waals surface area (Å²) in [6, 6.07) is 20.9. The Morgan fingerprint density at radius 3 is 2.50 bits per heavy atom. The molecule has 1 amide bonds. The topological polar surface area (TPSA) is 93.4 Å². The van der Waals surface area contributed by atoms with E-state index in [0.717, 1.165) is 16.8 Å². The molecule has 4 aromatic rings. The molecule has 8 nitrogen and oxygen atoms in total. The van der Waals surface area contributed by atoms with E-state index < -0.39 is 0 Å². The molecule has 1 unspecified atom stereocenters. The van der Waals surface area contributed by atoms with E-state index in [9.17, 15) is 4.79 Å². The van der Waals surface area contributed by atoms with Crippen LogP contribution in [0.15, 0.2) is 71.3 Å². The van der Waals surface area contributed by atoms with Gasteiger partial charge in [0.1, 0.15) is 17.5 Å². The fourth-order valence-corrected chi connectivity index (χ4v) is 3.57. The number of anilines is 2. The summed E-state index contributed by atoms with van der Waals surface area (Å²) in [7, 11) is 1.77. The lowest BCUT2D eigenvalue weighted by Crippen LogP contribution is -2.29. The number of aromatic nitrogens is 3. The van der Waals surface area contributed by atoms with Gasteiger partial charge in [0.25, 0.3) is 11.8 Å². The molecule has 8 heteroatoms. The smallest absolute Gasteiger partial charge is 0.259 e. The molecular formula is C24H21N5O3. The fourth-order valence-electron chi connectivity index (χ4n) is 3.57. The van der Waals surface area contributed by atoms with Crippen LogP contribution in [0.3, 0.4) is 0 Å². The first-order valence-electron chi connectivity index (χ1n) is 10.2. The predicted octanol–water partition coefficient (Wildman–Crippen LogP) is 4.39. The zero-order valence-corrected chi connectivity index (χ0v) is 17.6. The minimum Gasteiger partial charge on any atom is -0.467 e. The van der Waals surface area contributed by atoms with Crippen LogP contribution in [-0.2, 0) is 0 Å². The highest BCUT2D eigenvalue weighted by molar-refractivity contribution is 5.97. The predicted molar refractivity (Wildman–Crippen MR) is 119 cm³/mol. The van der Waals surface area contributed by atoms with Crippen molar-refractivity contribution < 1.29 is 14.1 Å². The number of amides is 1. The van der Waals surface area contributed by atoms with Crippen molar-refractivity contribution in [1.29, 1.82) is 0 Å². The lowest BCUT2D eigenvalue weighted by molar-refractivity contribution is 0.0760. The zero-order chi connectivity index (χ0) is 22.1. The molecule has 1 atom stereocenters. The Labute approximate surface area is 184 Å². The summed E-state index contributed by atoms with van der Waals surface area (Å²) in [5.41, 5.74) is 3.09. The van der Waals surface area contributed by atoms with Crippen LogP contribution in [0.5, 0.6) is 5.88 Å². The molecule has 5 rings (SSSR count). The average Bonchev–Trinajstić information content (AvgIpc) is 3.20. The highest BCUT2D eigenvalue weighted by atomic mass is 16.5. The molecule has 0 bridgehead atoms. The Kier molecular flexibility index (Phi) is 5.03. The van der Waals surface area contributed by atoms with Gasteiger partial charge in [0.05, 0.1) is 6.54 Å². The molecule has 160 valence electrons. The van der Waals surface area contributed by atoms with E-state index in [1.54, 1.807) is 31.0 Å². The first-order valence-corrected chi connectivity index (χ1v) is 10.2. The second-order valence-electron chi connectivity index (χ2n) is 7.60. The van der Waals surface area contributed by atoms with Crippen LogP contribution in [0.2, 0.25) is 0 Å². The summed E-state index contributed by atoms with van der Waals surface area (Å²) in [6.45, 7) is 2.22. The monoisotopic (exact) mass is 427 g/mol. The molecule has 1 N–H and O–H groups in total. The molecule has 0 saturated carbocycles. The standard InChI is InChI=1S/C24H21N5O3/c1-15-25-22(32-28-15)17-8-10-18(11-9-17)26-21-13-12-19-23(27-21)31-20(14-29(2)24(19)30)16-6-4-3-5-7-16/h3-13,20H,14H2,1-2H3,(H,26,27). The first kappa shape index (κ1) is 19.7. The van der Waals surface area contributed by atoms with Gasteiger partial charge in [-0.05, 0) is 48.9 Å². The van der Waals surface area contributed by atoms with E-state index in [0.29, 0.717) is 35.5 Å². The van der Waals surface area contributed by atoms with Gasteiger partial charge < -0.3 is 19.5 Å². The number of hydrogen-bond donors (Lipinski definition) is 1. The maximum atomic E-state index is 12.8. The average molecular weight is 427 g/mol. The van der Waals surface area contributed by atoms with Crippen LogP contribution >= 0.6 is 0 Å². The van der Waals surface area contributed by atoms with Gasteiger partial charge >= 0.3 is 0 Å². The molecule has 0 radical (unpaired) electrons. The van der Waals surface area contributed by atoms with Crippen molar-refractivity contribution in [2.45, 2.75) is 13.0 Å². The Balaban J connectivity index is 1.40. The number of hydrogen-bond acceptors (Lipinski definition) is 7. The van der Waals surface area contributed by atoms with Crippen LogP contribution < -0.4 is 10.1 Å². The lowest BCUT2D eigenvalue weighted by Gasteiger charge is -2.20. The number of aryl methyl sites for hydroxylation is 1. The largest absolute Gasteiger partial charge is 0.467 e. The van der Waals surface area contributed by atoms with Crippen molar-refractivity contribution in [2.75, 3.05) is 18.9 Å². The van der Waals surface area contributed by atoms with Gasteiger partial charge in [-0.3, -0.25) is 4.79 Å². The van der Waals surface area contributed by atoms with Gasteiger partial charge in [0, 0.05) is 18.3 Å². The van der Waals surface area contributed by atoms with E-state index >= 15 is 0 Å². The third-order valence-electron chi connectivity index (χ3n) is 5.23. The van der Waals surface area contributed by atoms with E-state index in [2.05, 4.69) is 20.4 Å². The second-order valence-corrected chi connectivity index (χ2v) is 7.60. The van der Waals surface area contributed by atoms with Crippen molar-refractivity contribution in [3.63, 3.8) is 0 Å². The molecule has 32 heavy (non-hydrogen) atoms. The highest BCUT2D eigenvalue weighted by Gasteiger charge is 2.29. The van der Waals surface area contributed by atoms with Crippen LogP contribution in [-0.4, -0.2) is 39.5 Å². The fraction of sp³-hybridized carbons (Fsp3) is 0.167. The zero-order valence-electron chi connectivity index (χ0n) is 17.6. The third-order valence-corrected chi connectivity index (χ3v) is 5.23. The minimum absolute atomic E-state index is 0.114. The summed E-state index contributed by atoms with van der Waals surface area (Å²) < 4.78 is 11.4. The Morgan fingerprint density at radius 2 is 1.78 bits per heavy atom. The Morgan fingerprint density at radius 1 is 1.00 bits per heavy atom. The van der Waals surface area contributed by atoms with E-state index in [4.69, 9.17) is 9.26 Å². The number of rotatable bonds is 4. The first-order chi connectivity index (χ1) is 15.6. The van der Waals surface area contributed by atoms with Crippen LogP contribution in [0.25, 0.3) is 11.5 Å². The highest BCUT2D eigenvalue weighted by Crippen LogP contribution is 2.31. The Hall–Kier alpha value is -4.20. The van der Waals surface area contributed by atoms with E-state index in [1.807, 2.05) is 54.6 Å². The number of fused-ring (bicyclic) bond motifs is 1. The minimum atomic E-state index is -0.300. The number of carbonyl (C=O) groups excluding carboxylic acids is 1. The SMILES string of the molecule is Cc1noc(-c2ccc(Nc3ccc4c(n3)OC(c3ccccc3)CN(C)C4=O)cc2)n1. The molecule has 0 spiro atoms. The number of likely N-dealkylation sites (N-methyl/N-ethyl adjacent to an activating group) is 1. The van der Waals surface area contributed by atoms with Crippen LogP contribution in [0.4, 0.5) is 11.5 Å². The number of nitrogens with zero attached hydrogens (tertiary/aromatic N) is 4. The quantitative estimate of drug-likeness (QED) is 0.516. The van der Waals surface area contributed by atoms with Gasteiger partial charge in [-0.2, -0.15) is 9.97 Å². The molecule has 2 aromatic carbocycles. The lowest BCUT2D eigenvalue weighted by atomic mass is 10.1. The molecule has 1 aliphatic rings. The van der Waals surface area contributed by atoms with E-state index in [1.165, 1.54) is 0 Å². The third kappa shape index (κ3) is 3.90. The van der Waals surface area contributed by atoms with Crippen molar-refractivity contribution in [1.82, 2.24) is 20.0 Å². The second kappa shape index (κ2) is 8.14. The van der Waals surface area contributed by atoms with Gasteiger partial charge in [0.15, 0.2) is 5.82 Å². The van der Waals surface area contributed by atoms with Gasteiger partial charge in [-0.1, -0.05) is 35.5 Å². The molecule has 0 saturated heterocycles. The van der Waals surface area contributed by atoms with Gasteiger partial charge in [0.2, 0.25) is 5.88 Å². The van der Waals surface area contributed by atoms with Crippen molar-refractivity contribution in [3.8, 4) is 17.3 Å². The number of benzene rings is 2.